The Morgan fingerprint density at radius 3 is 2.56 bits per heavy atom. The highest BCUT2D eigenvalue weighted by Crippen LogP contribution is 2.21. The van der Waals surface area contributed by atoms with Crippen LogP contribution in [0.3, 0.4) is 0 Å². The van der Waals surface area contributed by atoms with Crippen LogP contribution in [0.4, 0.5) is 0 Å². The topological polar surface area (TPSA) is 105 Å². The van der Waals surface area contributed by atoms with Gasteiger partial charge in [-0.2, -0.15) is 0 Å². The van der Waals surface area contributed by atoms with Gasteiger partial charge in [-0.1, -0.05) is 12.1 Å². The zero-order valence-corrected chi connectivity index (χ0v) is 12.2. The van der Waals surface area contributed by atoms with Crippen molar-refractivity contribution in [2.75, 3.05) is 12.0 Å². The fourth-order valence-electron chi connectivity index (χ4n) is 1.37. The van der Waals surface area contributed by atoms with Crippen molar-refractivity contribution in [1.82, 2.24) is 5.32 Å². The van der Waals surface area contributed by atoms with Crippen LogP contribution in [0.5, 0.6) is 0 Å². The molecule has 3 atom stereocenters. The first-order chi connectivity index (χ1) is 8.27. The quantitative estimate of drug-likeness (QED) is 0.271. The van der Waals surface area contributed by atoms with Crippen LogP contribution in [0.1, 0.15) is 33.6 Å². The standard InChI is InChI=1S/C11H23N3O3S/c1-5-11(3,9(12)14-16)10(15)13-8(2)6-7-18(4)17/h8,16H,5-7H2,1-4H3,(H2,12,14)(H,13,15). The Kier molecular flexibility index (Phi) is 6.90. The Morgan fingerprint density at radius 2 is 2.17 bits per heavy atom. The number of hydrogen-bond acceptors (Lipinski definition) is 4. The molecule has 0 bridgehead atoms. The Balaban J connectivity index is 4.59. The summed E-state index contributed by atoms with van der Waals surface area (Å²) in [6.45, 7) is 5.26. The summed E-state index contributed by atoms with van der Waals surface area (Å²) < 4.78 is 11.0. The first kappa shape index (κ1) is 16.9. The van der Waals surface area contributed by atoms with Gasteiger partial charge in [0, 0.05) is 28.9 Å². The fourth-order valence-corrected chi connectivity index (χ4v) is 2.05. The van der Waals surface area contributed by atoms with Gasteiger partial charge in [-0.3, -0.25) is 9.00 Å². The van der Waals surface area contributed by atoms with E-state index in [1.54, 1.807) is 20.1 Å². The van der Waals surface area contributed by atoms with Gasteiger partial charge in [0.05, 0.1) is 0 Å². The van der Waals surface area contributed by atoms with Crippen LogP contribution in [0.2, 0.25) is 0 Å². The van der Waals surface area contributed by atoms with E-state index in [4.69, 9.17) is 10.9 Å². The fraction of sp³-hybridized carbons (Fsp3) is 0.818. The molecule has 1 amide bonds. The molecule has 0 aromatic carbocycles. The van der Waals surface area contributed by atoms with Crippen LogP contribution in [-0.4, -0.2) is 39.2 Å². The van der Waals surface area contributed by atoms with Crippen molar-refractivity contribution in [3.63, 3.8) is 0 Å². The molecular formula is C11H23N3O3S. The minimum Gasteiger partial charge on any atom is -0.409 e. The van der Waals surface area contributed by atoms with Crippen molar-refractivity contribution in [3.8, 4) is 0 Å². The minimum atomic E-state index is -1.02. The van der Waals surface area contributed by atoms with Crippen LogP contribution < -0.4 is 11.1 Å². The zero-order valence-electron chi connectivity index (χ0n) is 11.4. The molecule has 7 heteroatoms. The first-order valence-corrected chi connectivity index (χ1v) is 7.59. The maximum Gasteiger partial charge on any atom is 0.233 e. The van der Waals surface area contributed by atoms with Crippen LogP contribution in [0.25, 0.3) is 0 Å². The Hall–Kier alpha value is -1.11. The average molecular weight is 277 g/mol. The number of nitrogens with two attached hydrogens (primary N) is 1. The lowest BCUT2D eigenvalue weighted by Crippen LogP contribution is -2.50. The molecule has 0 radical (unpaired) electrons. The van der Waals surface area contributed by atoms with E-state index in [0.717, 1.165) is 0 Å². The van der Waals surface area contributed by atoms with Crippen LogP contribution in [0.15, 0.2) is 5.16 Å². The summed E-state index contributed by atoms with van der Waals surface area (Å²) in [5.74, 6) is 0.150. The predicted molar refractivity (Wildman–Crippen MR) is 73.0 cm³/mol. The van der Waals surface area contributed by atoms with Crippen molar-refractivity contribution < 1.29 is 14.2 Å². The van der Waals surface area contributed by atoms with Crippen LogP contribution in [0, 0.1) is 5.41 Å². The monoisotopic (exact) mass is 277 g/mol. The van der Waals surface area contributed by atoms with Gasteiger partial charge >= 0.3 is 0 Å². The lowest BCUT2D eigenvalue weighted by molar-refractivity contribution is -0.127. The average Bonchev–Trinajstić information content (AvgIpc) is 2.33. The van der Waals surface area contributed by atoms with Crippen LogP contribution >= 0.6 is 0 Å². The summed E-state index contributed by atoms with van der Waals surface area (Å²) in [5.41, 5.74) is 4.53. The molecule has 3 unspecified atom stereocenters. The molecule has 0 spiro atoms. The van der Waals surface area contributed by atoms with E-state index in [1.165, 1.54) is 0 Å². The van der Waals surface area contributed by atoms with Gasteiger partial charge in [0.2, 0.25) is 5.91 Å². The second-order valence-corrected chi connectivity index (χ2v) is 6.17. The third-order valence-electron chi connectivity index (χ3n) is 3.10. The maximum absolute atomic E-state index is 12.1. The number of rotatable bonds is 7. The first-order valence-electron chi connectivity index (χ1n) is 5.86. The zero-order chi connectivity index (χ0) is 14.3. The maximum atomic E-state index is 12.1. The van der Waals surface area contributed by atoms with E-state index in [0.29, 0.717) is 18.6 Å². The number of oxime groups is 1. The number of nitrogens with zero attached hydrogens (tertiary/aromatic N) is 1. The molecule has 6 nitrogen and oxygen atoms in total. The minimum absolute atomic E-state index is 0.0984. The van der Waals surface area contributed by atoms with Crippen molar-refractivity contribution in [2.24, 2.45) is 16.3 Å². The van der Waals surface area contributed by atoms with E-state index in [2.05, 4.69) is 10.5 Å². The van der Waals surface area contributed by atoms with Crippen molar-refractivity contribution >= 4 is 22.5 Å². The summed E-state index contributed by atoms with van der Waals surface area (Å²) in [7, 11) is -0.874. The number of amides is 1. The summed E-state index contributed by atoms with van der Waals surface area (Å²) in [6.07, 6.45) is 2.69. The van der Waals surface area contributed by atoms with Crippen LogP contribution in [-0.2, 0) is 15.6 Å². The number of carbonyl (C=O) groups is 1. The summed E-state index contributed by atoms with van der Waals surface area (Å²) >= 11 is 0. The number of carbonyl (C=O) groups excluding carboxylic acids is 1. The summed E-state index contributed by atoms with van der Waals surface area (Å²) in [4.78, 5) is 12.1. The summed E-state index contributed by atoms with van der Waals surface area (Å²) in [6, 6.07) is -0.0984. The van der Waals surface area contributed by atoms with Gasteiger partial charge in [-0.25, -0.2) is 0 Å². The number of amidine groups is 1. The molecule has 4 N–H and O–H groups in total. The molecule has 18 heavy (non-hydrogen) atoms. The third kappa shape index (κ3) is 4.64. The largest absolute Gasteiger partial charge is 0.409 e. The molecular weight excluding hydrogens is 254 g/mol. The lowest BCUT2D eigenvalue weighted by atomic mass is 9.85. The molecule has 0 aliphatic carbocycles. The van der Waals surface area contributed by atoms with Gasteiger partial charge in [-0.15, -0.1) is 0 Å². The highest BCUT2D eigenvalue weighted by molar-refractivity contribution is 7.84. The van der Waals surface area contributed by atoms with Crippen molar-refractivity contribution in [3.05, 3.63) is 0 Å². The van der Waals surface area contributed by atoms with Gasteiger partial charge in [0.1, 0.15) is 5.41 Å². The second kappa shape index (κ2) is 7.35. The molecule has 106 valence electrons. The Morgan fingerprint density at radius 1 is 1.61 bits per heavy atom. The van der Waals surface area contributed by atoms with E-state index in [-0.39, 0.29) is 17.8 Å². The molecule has 0 saturated heterocycles. The van der Waals surface area contributed by atoms with Gasteiger partial charge in [0.15, 0.2) is 5.84 Å². The normalized spacial score (nSPS) is 18.8. The molecule has 0 aromatic heterocycles. The van der Waals surface area contributed by atoms with E-state index < -0.39 is 16.2 Å². The van der Waals surface area contributed by atoms with Gasteiger partial charge in [0.25, 0.3) is 0 Å². The third-order valence-corrected chi connectivity index (χ3v) is 3.91. The number of nitrogens with one attached hydrogen (secondary N) is 1. The Bertz CT molecular complexity index is 346. The summed E-state index contributed by atoms with van der Waals surface area (Å²) in [5, 5.41) is 14.4. The van der Waals surface area contributed by atoms with Crippen molar-refractivity contribution in [1.29, 1.82) is 0 Å². The van der Waals surface area contributed by atoms with E-state index >= 15 is 0 Å². The molecule has 0 saturated carbocycles. The molecule has 0 fully saturated rings. The van der Waals surface area contributed by atoms with Crippen molar-refractivity contribution in [2.45, 2.75) is 39.7 Å². The highest BCUT2D eigenvalue weighted by Gasteiger charge is 2.36. The molecule has 0 rings (SSSR count). The SMILES string of the molecule is CCC(C)(C(=O)NC(C)CCS(C)=O)C(N)=NO. The lowest BCUT2D eigenvalue weighted by Gasteiger charge is -2.27. The molecule has 0 aliphatic heterocycles. The Labute approximate surface area is 110 Å². The number of hydrogen-bond donors (Lipinski definition) is 3. The molecule has 0 aromatic rings. The molecule has 0 heterocycles. The van der Waals surface area contributed by atoms with E-state index in [9.17, 15) is 9.00 Å². The van der Waals surface area contributed by atoms with E-state index in [1.807, 2.05) is 6.92 Å². The highest BCUT2D eigenvalue weighted by atomic mass is 32.2. The predicted octanol–water partition coefficient (Wildman–Crippen LogP) is 0.422. The smallest absolute Gasteiger partial charge is 0.233 e. The second-order valence-electron chi connectivity index (χ2n) is 4.61. The molecule has 0 aliphatic rings. The van der Waals surface area contributed by atoms with Gasteiger partial charge < -0.3 is 16.3 Å². The van der Waals surface area contributed by atoms with Gasteiger partial charge in [-0.05, 0) is 26.7 Å².